The predicted octanol–water partition coefficient (Wildman–Crippen LogP) is 5.28. The van der Waals surface area contributed by atoms with Crippen molar-refractivity contribution in [2.45, 2.75) is 13.8 Å². The minimum absolute atomic E-state index is 0.691. The normalized spacial score (nSPS) is 10.6. The Hall–Kier alpha value is -3.67. The lowest BCUT2D eigenvalue weighted by Crippen LogP contribution is -1.96. The highest BCUT2D eigenvalue weighted by Gasteiger charge is 2.13. The van der Waals surface area contributed by atoms with Crippen molar-refractivity contribution in [3.05, 3.63) is 78.4 Å². The van der Waals surface area contributed by atoms with Gasteiger partial charge in [0, 0.05) is 11.8 Å². The third-order valence-electron chi connectivity index (χ3n) is 4.06. The summed E-state index contributed by atoms with van der Waals surface area (Å²) in [6.45, 7) is 3.77. The Labute approximate surface area is 156 Å². The van der Waals surface area contributed by atoms with E-state index in [1.807, 2.05) is 74.5 Å². The maximum Gasteiger partial charge on any atom is 0.143 e. The number of nitrogens with zero attached hydrogens (tertiary/aromatic N) is 3. The van der Waals surface area contributed by atoms with E-state index in [4.69, 9.17) is 9.26 Å². The van der Waals surface area contributed by atoms with Gasteiger partial charge in [0.25, 0.3) is 0 Å². The van der Waals surface area contributed by atoms with Crippen molar-refractivity contribution < 1.29 is 9.26 Å². The fourth-order valence-electron chi connectivity index (χ4n) is 2.79. The molecule has 4 rings (SSSR count). The largest absolute Gasteiger partial charge is 0.457 e. The summed E-state index contributed by atoms with van der Waals surface area (Å²) in [5, 5.41) is 7.26. The van der Waals surface area contributed by atoms with Crippen LogP contribution in [0, 0.1) is 13.8 Å². The Kier molecular flexibility index (Phi) is 4.53. The summed E-state index contributed by atoms with van der Waals surface area (Å²) in [4.78, 5) is 8.62. The molecule has 0 saturated carbocycles. The zero-order valence-corrected chi connectivity index (χ0v) is 15.0. The second-order valence-electron chi connectivity index (χ2n) is 6.05. The van der Waals surface area contributed by atoms with E-state index in [9.17, 15) is 0 Å². The lowest BCUT2D eigenvalue weighted by Gasteiger charge is -2.09. The molecule has 6 heteroatoms. The summed E-state index contributed by atoms with van der Waals surface area (Å²) in [6.07, 6.45) is 1.52. The summed E-state index contributed by atoms with van der Waals surface area (Å²) >= 11 is 0. The maximum atomic E-state index is 5.81. The third-order valence-corrected chi connectivity index (χ3v) is 4.06. The van der Waals surface area contributed by atoms with Crippen molar-refractivity contribution in [3.63, 3.8) is 0 Å². The molecule has 0 spiro atoms. The van der Waals surface area contributed by atoms with Gasteiger partial charge in [0.1, 0.15) is 29.4 Å². The van der Waals surface area contributed by atoms with E-state index in [0.29, 0.717) is 5.82 Å². The first kappa shape index (κ1) is 16.8. The van der Waals surface area contributed by atoms with Gasteiger partial charge in [-0.25, -0.2) is 9.97 Å². The topological polar surface area (TPSA) is 73.1 Å². The molecule has 0 saturated heterocycles. The number of hydrogen-bond acceptors (Lipinski definition) is 6. The van der Waals surface area contributed by atoms with E-state index < -0.39 is 0 Å². The van der Waals surface area contributed by atoms with Crippen LogP contribution in [0.3, 0.4) is 0 Å². The van der Waals surface area contributed by atoms with Gasteiger partial charge in [-0.3, -0.25) is 0 Å². The first-order valence-corrected chi connectivity index (χ1v) is 8.54. The molecule has 2 heterocycles. The van der Waals surface area contributed by atoms with Gasteiger partial charge in [0.15, 0.2) is 0 Å². The molecule has 4 aromatic rings. The van der Waals surface area contributed by atoms with Crippen LogP contribution in [0.25, 0.3) is 11.3 Å². The van der Waals surface area contributed by atoms with Gasteiger partial charge in [-0.2, -0.15) is 0 Å². The summed E-state index contributed by atoms with van der Waals surface area (Å²) in [5.74, 6) is 3.00. The number of aromatic nitrogens is 3. The van der Waals surface area contributed by atoms with Gasteiger partial charge in [-0.15, -0.1) is 0 Å². The van der Waals surface area contributed by atoms with Crippen LogP contribution in [0.5, 0.6) is 11.5 Å². The summed E-state index contributed by atoms with van der Waals surface area (Å²) < 4.78 is 11.0. The minimum Gasteiger partial charge on any atom is -0.457 e. The van der Waals surface area contributed by atoms with Crippen LogP contribution in [-0.2, 0) is 0 Å². The fraction of sp³-hybridized carbons (Fsp3) is 0.0952. The van der Waals surface area contributed by atoms with Crippen molar-refractivity contribution in [3.8, 4) is 22.8 Å². The highest BCUT2D eigenvalue weighted by Crippen LogP contribution is 2.28. The van der Waals surface area contributed by atoms with E-state index in [2.05, 4.69) is 20.4 Å². The molecule has 0 unspecified atom stereocenters. The van der Waals surface area contributed by atoms with Crippen LogP contribution >= 0.6 is 0 Å². The summed E-state index contributed by atoms with van der Waals surface area (Å²) in [5.41, 5.74) is 3.37. The van der Waals surface area contributed by atoms with Gasteiger partial charge in [-0.05, 0) is 50.2 Å². The average molecular weight is 358 g/mol. The molecule has 2 aromatic carbocycles. The van der Waals surface area contributed by atoms with Crippen molar-refractivity contribution >= 4 is 11.5 Å². The molecular weight excluding hydrogens is 340 g/mol. The maximum absolute atomic E-state index is 5.81. The Balaban J connectivity index is 1.50. The van der Waals surface area contributed by atoms with E-state index in [-0.39, 0.29) is 0 Å². The number of rotatable bonds is 5. The number of benzene rings is 2. The second-order valence-corrected chi connectivity index (χ2v) is 6.05. The molecule has 0 atom stereocenters. The van der Waals surface area contributed by atoms with E-state index in [0.717, 1.165) is 39.9 Å². The highest BCUT2D eigenvalue weighted by molar-refractivity contribution is 5.68. The van der Waals surface area contributed by atoms with E-state index in [1.54, 1.807) is 0 Å². The van der Waals surface area contributed by atoms with Gasteiger partial charge < -0.3 is 14.6 Å². The van der Waals surface area contributed by atoms with Crippen LogP contribution in [0.2, 0.25) is 0 Å². The Morgan fingerprint density at radius 3 is 2.33 bits per heavy atom. The lowest BCUT2D eigenvalue weighted by molar-refractivity contribution is 0.393. The number of anilines is 2. The molecule has 0 radical (unpaired) electrons. The van der Waals surface area contributed by atoms with Gasteiger partial charge in [-0.1, -0.05) is 23.4 Å². The standard InChI is InChI=1S/C21H18N4O2/c1-14-21(15(2)27-25-14)19-12-20(23-13-22-19)24-16-8-10-18(11-9-16)26-17-6-4-3-5-7-17/h3-13H,1-2H3,(H,22,23,24). The number of aryl methyl sites for hydroxylation is 2. The second kappa shape index (κ2) is 7.29. The molecular formula is C21H18N4O2. The molecule has 0 aliphatic heterocycles. The van der Waals surface area contributed by atoms with Crippen LogP contribution in [-0.4, -0.2) is 15.1 Å². The molecule has 2 aromatic heterocycles. The van der Waals surface area contributed by atoms with Crippen LogP contribution in [0.15, 0.2) is 71.5 Å². The molecule has 0 aliphatic rings. The van der Waals surface area contributed by atoms with Gasteiger partial charge in [0.05, 0.1) is 17.0 Å². The molecule has 27 heavy (non-hydrogen) atoms. The van der Waals surface area contributed by atoms with Gasteiger partial charge in [0.2, 0.25) is 0 Å². The zero-order valence-electron chi connectivity index (χ0n) is 15.0. The van der Waals surface area contributed by atoms with Crippen molar-refractivity contribution in [2.75, 3.05) is 5.32 Å². The Bertz CT molecular complexity index is 1020. The van der Waals surface area contributed by atoms with Crippen LogP contribution in [0.1, 0.15) is 11.5 Å². The quantitative estimate of drug-likeness (QED) is 0.523. The average Bonchev–Trinajstić information content (AvgIpc) is 3.03. The smallest absolute Gasteiger partial charge is 0.143 e. The molecule has 134 valence electrons. The third kappa shape index (κ3) is 3.79. The molecule has 1 N–H and O–H groups in total. The SMILES string of the molecule is Cc1noc(C)c1-c1cc(Nc2ccc(Oc3ccccc3)cc2)ncn1. The minimum atomic E-state index is 0.691. The first-order chi connectivity index (χ1) is 13.2. The molecule has 0 amide bonds. The molecule has 0 aliphatic carbocycles. The van der Waals surface area contributed by atoms with E-state index in [1.165, 1.54) is 6.33 Å². The number of hydrogen-bond donors (Lipinski definition) is 1. The molecule has 0 bridgehead atoms. The van der Waals surface area contributed by atoms with E-state index >= 15 is 0 Å². The van der Waals surface area contributed by atoms with Crippen molar-refractivity contribution in [1.82, 2.24) is 15.1 Å². The molecule has 0 fully saturated rings. The number of ether oxygens (including phenoxy) is 1. The number of para-hydroxylation sites is 1. The summed E-state index contributed by atoms with van der Waals surface area (Å²) in [6, 6.07) is 19.3. The predicted molar refractivity (Wildman–Crippen MR) is 103 cm³/mol. The lowest BCUT2D eigenvalue weighted by atomic mass is 10.1. The Morgan fingerprint density at radius 1 is 0.889 bits per heavy atom. The first-order valence-electron chi connectivity index (χ1n) is 8.54. The highest BCUT2D eigenvalue weighted by atomic mass is 16.5. The van der Waals surface area contributed by atoms with Crippen molar-refractivity contribution in [2.24, 2.45) is 0 Å². The van der Waals surface area contributed by atoms with Crippen LogP contribution in [0.4, 0.5) is 11.5 Å². The fourth-order valence-corrected chi connectivity index (χ4v) is 2.79. The zero-order chi connectivity index (χ0) is 18.6. The van der Waals surface area contributed by atoms with Crippen LogP contribution < -0.4 is 10.1 Å². The monoisotopic (exact) mass is 358 g/mol. The summed E-state index contributed by atoms with van der Waals surface area (Å²) in [7, 11) is 0. The Morgan fingerprint density at radius 2 is 1.63 bits per heavy atom. The van der Waals surface area contributed by atoms with Crippen molar-refractivity contribution in [1.29, 1.82) is 0 Å². The molecule has 6 nitrogen and oxygen atoms in total. The van der Waals surface area contributed by atoms with Gasteiger partial charge >= 0.3 is 0 Å². The number of nitrogens with one attached hydrogen (secondary N) is 1.